The first-order chi connectivity index (χ1) is 10.5. The Balaban J connectivity index is 1.75. The van der Waals surface area contributed by atoms with Crippen molar-refractivity contribution >= 4 is 15.9 Å². The molecule has 0 aliphatic carbocycles. The van der Waals surface area contributed by atoms with Gasteiger partial charge in [0.15, 0.2) is 0 Å². The molecule has 1 aromatic rings. The highest BCUT2D eigenvalue weighted by Gasteiger charge is 2.37. The van der Waals surface area contributed by atoms with Crippen LogP contribution in [0.2, 0.25) is 0 Å². The molecular weight excluding hydrogens is 304 g/mol. The predicted molar refractivity (Wildman–Crippen MR) is 82.0 cm³/mol. The molecule has 1 fully saturated rings. The zero-order valence-corrected chi connectivity index (χ0v) is 13.3. The average molecular weight is 324 g/mol. The fourth-order valence-corrected chi connectivity index (χ4v) is 4.28. The predicted octanol–water partition coefficient (Wildman–Crippen LogP) is 1.05. The van der Waals surface area contributed by atoms with E-state index in [0.717, 1.165) is 24.0 Å². The Bertz CT molecular complexity index is 674. The molecule has 0 saturated carbocycles. The summed E-state index contributed by atoms with van der Waals surface area (Å²) in [4.78, 5) is 12.5. The number of rotatable bonds is 3. The molecule has 0 bridgehead atoms. The highest BCUT2D eigenvalue weighted by atomic mass is 32.2. The molecule has 0 unspecified atom stereocenters. The van der Waals surface area contributed by atoms with E-state index >= 15 is 0 Å². The van der Waals surface area contributed by atoms with Crippen LogP contribution in [0.3, 0.4) is 0 Å². The summed E-state index contributed by atoms with van der Waals surface area (Å²) in [5.41, 5.74) is 0.950. The van der Waals surface area contributed by atoms with Gasteiger partial charge in [0.1, 0.15) is 11.8 Å². The van der Waals surface area contributed by atoms with Gasteiger partial charge in [0.25, 0.3) is 0 Å². The fourth-order valence-electron chi connectivity index (χ4n) is 3.16. The second kappa shape index (κ2) is 5.89. The Labute approximate surface area is 130 Å². The summed E-state index contributed by atoms with van der Waals surface area (Å²) < 4.78 is 30.4. The minimum atomic E-state index is -3.35. The Kier molecular flexibility index (Phi) is 4.10. The number of nitrogens with one attached hydrogen (secondary N) is 1. The zero-order valence-electron chi connectivity index (χ0n) is 12.5. The summed E-state index contributed by atoms with van der Waals surface area (Å²) in [6, 6.07) is 6.90. The van der Waals surface area contributed by atoms with Gasteiger partial charge in [-0.2, -0.15) is 4.31 Å². The maximum atomic E-state index is 12.5. The SMILES string of the molecule is CS(=O)(=O)N1CCC[C@@H]1C(=O)N[C@@H]1CCOc2ccccc21. The highest BCUT2D eigenvalue weighted by molar-refractivity contribution is 7.88. The summed E-state index contributed by atoms with van der Waals surface area (Å²) in [5.74, 6) is 0.565. The van der Waals surface area contributed by atoms with E-state index in [4.69, 9.17) is 4.74 Å². The van der Waals surface area contributed by atoms with E-state index in [9.17, 15) is 13.2 Å². The van der Waals surface area contributed by atoms with Crippen molar-refractivity contribution in [1.29, 1.82) is 0 Å². The lowest BCUT2D eigenvalue weighted by Gasteiger charge is -2.29. The third kappa shape index (κ3) is 2.96. The molecule has 1 amide bonds. The molecule has 1 aromatic carbocycles. The van der Waals surface area contributed by atoms with Crippen molar-refractivity contribution in [3.05, 3.63) is 29.8 Å². The van der Waals surface area contributed by atoms with Crippen molar-refractivity contribution in [3.8, 4) is 5.75 Å². The van der Waals surface area contributed by atoms with Gasteiger partial charge in [0.2, 0.25) is 15.9 Å². The molecule has 2 aliphatic heterocycles. The number of benzene rings is 1. The largest absolute Gasteiger partial charge is 0.493 e. The Morgan fingerprint density at radius 3 is 2.86 bits per heavy atom. The quantitative estimate of drug-likeness (QED) is 0.902. The van der Waals surface area contributed by atoms with Crippen LogP contribution in [-0.2, 0) is 14.8 Å². The number of para-hydroxylation sites is 1. The van der Waals surface area contributed by atoms with E-state index in [0.29, 0.717) is 26.0 Å². The molecule has 2 aliphatic rings. The van der Waals surface area contributed by atoms with Gasteiger partial charge in [-0.05, 0) is 18.9 Å². The van der Waals surface area contributed by atoms with Gasteiger partial charge in [0, 0.05) is 18.5 Å². The molecule has 120 valence electrons. The monoisotopic (exact) mass is 324 g/mol. The molecule has 0 aromatic heterocycles. The Morgan fingerprint density at radius 1 is 1.32 bits per heavy atom. The minimum absolute atomic E-state index is 0.125. The van der Waals surface area contributed by atoms with Crippen LogP contribution in [0.4, 0.5) is 0 Å². The van der Waals surface area contributed by atoms with Gasteiger partial charge in [-0.15, -0.1) is 0 Å². The first-order valence-corrected chi connectivity index (χ1v) is 9.30. The molecular formula is C15H20N2O4S. The van der Waals surface area contributed by atoms with Crippen molar-refractivity contribution in [2.24, 2.45) is 0 Å². The second-order valence-electron chi connectivity index (χ2n) is 5.77. The topological polar surface area (TPSA) is 75.7 Å². The molecule has 1 N–H and O–H groups in total. The van der Waals surface area contributed by atoms with E-state index in [2.05, 4.69) is 5.32 Å². The number of nitrogens with zero attached hydrogens (tertiary/aromatic N) is 1. The third-order valence-electron chi connectivity index (χ3n) is 4.21. The summed E-state index contributed by atoms with van der Waals surface area (Å²) in [5, 5.41) is 2.99. The number of carbonyl (C=O) groups excluding carboxylic acids is 1. The summed E-state index contributed by atoms with van der Waals surface area (Å²) in [6.45, 7) is 0.962. The second-order valence-corrected chi connectivity index (χ2v) is 7.70. The number of hydrogen-bond donors (Lipinski definition) is 1. The zero-order chi connectivity index (χ0) is 15.7. The number of ether oxygens (including phenoxy) is 1. The van der Waals surface area contributed by atoms with Crippen LogP contribution in [0.5, 0.6) is 5.75 Å². The number of carbonyl (C=O) groups is 1. The molecule has 2 atom stereocenters. The van der Waals surface area contributed by atoms with Crippen molar-refractivity contribution in [2.45, 2.75) is 31.3 Å². The standard InChI is InChI=1S/C15H20N2O4S/c1-22(19,20)17-9-4-6-13(17)15(18)16-12-8-10-21-14-7-3-2-5-11(12)14/h2-3,5,7,12-13H,4,6,8-10H2,1H3,(H,16,18)/t12-,13-/m1/s1. The number of amides is 1. The lowest BCUT2D eigenvalue weighted by molar-refractivity contribution is -0.125. The van der Waals surface area contributed by atoms with Gasteiger partial charge in [-0.1, -0.05) is 18.2 Å². The van der Waals surface area contributed by atoms with E-state index < -0.39 is 16.1 Å². The Morgan fingerprint density at radius 2 is 2.09 bits per heavy atom. The molecule has 0 spiro atoms. The highest BCUT2D eigenvalue weighted by Crippen LogP contribution is 2.32. The number of hydrogen-bond acceptors (Lipinski definition) is 4. The van der Waals surface area contributed by atoms with Crippen LogP contribution in [0.15, 0.2) is 24.3 Å². The lowest BCUT2D eigenvalue weighted by atomic mass is 10.00. The summed E-state index contributed by atoms with van der Waals surface area (Å²) >= 11 is 0. The van der Waals surface area contributed by atoms with Gasteiger partial charge in [-0.25, -0.2) is 8.42 Å². The number of sulfonamides is 1. The maximum absolute atomic E-state index is 12.5. The van der Waals surface area contributed by atoms with Crippen LogP contribution in [0.1, 0.15) is 30.9 Å². The first kappa shape index (κ1) is 15.3. The summed E-state index contributed by atoms with van der Waals surface area (Å²) in [6.07, 6.45) is 3.13. The molecule has 6 nitrogen and oxygen atoms in total. The minimum Gasteiger partial charge on any atom is -0.493 e. The van der Waals surface area contributed by atoms with E-state index in [1.54, 1.807) is 0 Å². The van der Waals surface area contributed by atoms with Crippen LogP contribution >= 0.6 is 0 Å². The van der Waals surface area contributed by atoms with Crippen molar-refractivity contribution in [1.82, 2.24) is 9.62 Å². The van der Waals surface area contributed by atoms with Gasteiger partial charge >= 0.3 is 0 Å². The van der Waals surface area contributed by atoms with Gasteiger partial charge in [0.05, 0.1) is 18.9 Å². The third-order valence-corrected chi connectivity index (χ3v) is 5.50. The average Bonchev–Trinajstić information content (AvgIpc) is 2.97. The van der Waals surface area contributed by atoms with Crippen LogP contribution in [0.25, 0.3) is 0 Å². The van der Waals surface area contributed by atoms with E-state index in [1.807, 2.05) is 24.3 Å². The van der Waals surface area contributed by atoms with Crippen molar-refractivity contribution in [2.75, 3.05) is 19.4 Å². The summed E-state index contributed by atoms with van der Waals surface area (Å²) in [7, 11) is -3.35. The fraction of sp³-hybridized carbons (Fsp3) is 0.533. The Hall–Kier alpha value is -1.60. The van der Waals surface area contributed by atoms with E-state index in [1.165, 1.54) is 4.31 Å². The molecule has 0 radical (unpaired) electrons. The smallest absolute Gasteiger partial charge is 0.238 e. The molecule has 1 saturated heterocycles. The molecule has 2 heterocycles. The molecule has 7 heteroatoms. The van der Waals surface area contributed by atoms with Crippen LogP contribution in [-0.4, -0.2) is 44.1 Å². The van der Waals surface area contributed by atoms with Crippen molar-refractivity contribution < 1.29 is 17.9 Å². The van der Waals surface area contributed by atoms with Crippen molar-refractivity contribution in [3.63, 3.8) is 0 Å². The maximum Gasteiger partial charge on any atom is 0.238 e. The normalized spacial score (nSPS) is 25.3. The van der Waals surface area contributed by atoms with Gasteiger partial charge in [-0.3, -0.25) is 4.79 Å². The lowest BCUT2D eigenvalue weighted by Crippen LogP contribution is -2.47. The first-order valence-electron chi connectivity index (χ1n) is 7.46. The molecule has 3 rings (SSSR count). The van der Waals surface area contributed by atoms with Crippen LogP contribution < -0.4 is 10.1 Å². The van der Waals surface area contributed by atoms with E-state index in [-0.39, 0.29) is 11.9 Å². The molecule has 22 heavy (non-hydrogen) atoms. The van der Waals surface area contributed by atoms with Crippen LogP contribution in [0, 0.1) is 0 Å². The van der Waals surface area contributed by atoms with Gasteiger partial charge < -0.3 is 10.1 Å². The number of fused-ring (bicyclic) bond motifs is 1.